The fraction of sp³-hybridized carbons (Fsp3) is 0.300. The molecule has 0 aromatic heterocycles. The average molecular weight is 178 g/mol. The lowest BCUT2D eigenvalue weighted by molar-refractivity contribution is -0.116. The maximum Gasteiger partial charge on any atom is 0.143 e. The van der Waals surface area contributed by atoms with Gasteiger partial charge in [0.25, 0.3) is 0 Å². The molecule has 0 bridgehead atoms. The highest BCUT2D eigenvalue weighted by Crippen LogP contribution is 2.26. The topological polar surface area (TPSA) is 17.1 Å². The SMILES string of the molecule is O=C1CCc2ccccc2SC1. The Morgan fingerprint density at radius 3 is 2.92 bits per heavy atom. The molecule has 0 saturated carbocycles. The minimum atomic E-state index is 0.371. The van der Waals surface area contributed by atoms with Gasteiger partial charge in [0, 0.05) is 11.3 Å². The van der Waals surface area contributed by atoms with Crippen LogP contribution in [-0.2, 0) is 11.2 Å². The lowest BCUT2D eigenvalue weighted by Crippen LogP contribution is -1.98. The molecule has 0 atom stereocenters. The van der Waals surface area contributed by atoms with Gasteiger partial charge in [-0.3, -0.25) is 4.79 Å². The zero-order valence-corrected chi connectivity index (χ0v) is 7.56. The molecule has 1 aromatic rings. The molecule has 2 heteroatoms. The molecule has 0 saturated heterocycles. The predicted molar refractivity (Wildman–Crippen MR) is 50.5 cm³/mol. The van der Waals surface area contributed by atoms with Crippen molar-refractivity contribution in [3.63, 3.8) is 0 Å². The van der Waals surface area contributed by atoms with E-state index in [2.05, 4.69) is 12.1 Å². The van der Waals surface area contributed by atoms with Crippen molar-refractivity contribution in [3.8, 4) is 0 Å². The standard InChI is InChI=1S/C10H10OS/c11-9-6-5-8-3-1-2-4-10(8)12-7-9/h1-4H,5-7H2. The summed E-state index contributed by atoms with van der Waals surface area (Å²) in [6.07, 6.45) is 1.63. The molecule has 1 aromatic carbocycles. The lowest BCUT2D eigenvalue weighted by atomic mass is 10.1. The van der Waals surface area contributed by atoms with Crippen molar-refractivity contribution in [3.05, 3.63) is 29.8 Å². The van der Waals surface area contributed by atoms with Gasteiger partial charge in [0.1, 0.15) is 5.78 Å². The van der Waals surface area contributed by atoms with E-state index in [4.69, 9.17) is 0 Å². The van der Waals surface area contributed by atoms with Crippen LogP contribution in [0.1, 0.15) is 12.0 Å². The van der Waals surface area contributed by atoms with Crippen molar-refractivity contribution in [2.75, 3.05) is 5.75 Å². The number of fused-ring (bicyclic) bond motifs is 1. The minimum absolute atomic E-state index is 0.371. The first-order valence-corrected chi connectivity index (χ1v) is 5.07. The summed E-state index contributed by atoms with van der Waals surface area (Å²) in [7, 11) is 0. The predicted octanol–water partition coefficient (Wildman–Crippen LogP) is 2.29. The largest absolute Gasteiger partial charge is 0.299 e. The van der Waals surface area contributed by atoms with Gasteiger partial charge in [-0.15, -0.1) is 11.8 Å². The fourth-order valence-corrected chi connectivity index (χ4v) is 2.35. The van der Waals surface area contributed by atoms with Gasteiger partial charge in [0.05, 0.1) is 5.75 Å². The van der Waals surface area contributed by atoms with Crippen molar-refractivity contribution in [1.29, 1.82) is 0 Å². The average Bonchev–Trinajstić information content (AvgIpc) is 2.29. The van der Waals surface area contributed by atoms with E-state index in [0.29, 0.717) is 18.0 Å². The van der Waals surface area contributed by atoms with Crippen LogP contribution in [0.25, 0.3) is 0 Å². The van der Waals surface area contributed by atoms with Crippen LogP contribution in [0, 0.1) is 0 Å². The molecule has 0 spiro atoms. The number of hydrogen-bond acceptors (Lipinski definition) is 2. The molecule has 1 nitrogen and oxygen atoms in total. The summed E-state index contributed by atoms with van der Waals surface area (Å²) in [5.74, 6) is 1.02. The second-order valence-electron chi connectivity index (χ2n) is 2.94. The number of benzene rings is 1. The van der Waals surface area contributed by atoms with Gasteiger partial charge in [-0.25, -0.2) is 0 Å². The van der Waals surface area contributed by atoms with Gasteiger partial charge < -0.3 is 0 Å². The number of Topliss-reactive ketones (excluding diaryl/α,β-unsaturated/α-hetero) is 1. The van der Waals surface area contributed by atoms with Crippen molar-refractivity contribution in [2.45, 2.75) is 17.7 Å². The Hall–Kier alpha value is -0.760. The maximum atomic E-state index is 11.1. The smallest absolute Gasteiger partial charge is 0.143 e. The van der Waals surface area contributed by atoms with Gasteiger partial charge in [-0.1, -0.05) is 18.2 Å². The van der Waals surface area contributed by atoms with Crippen LogP contribution in [0.4, 0.5) is 0 Å². The van der Waals surface area contributed by atoms with Crippen LogP contribution in [0.2, 0.25) is 0 Å². The second kappa shape index (κ2) is 3.31. The Kier molecular flexibility index (Phi) is 2.17. The minimum Gasteiger partial charge on any atom is -0.299 e. The van der Waals surface area contributed by atoms with E-state index in [9.17, 15) is 4.79 Å². The second-order valence-corrected chi connectivity index (χ2v) is 3.95. The van der Waals surface area contributed by atoms with Crippen LogP contribution in [0.5, 0.6) is 0 Å². The van der Waals surface area contributed by atoms with Crippen molar-refractivity contribution in [1.82, 2.24) is 0 Å². The molecule has 1 heterocycles. The van der Waals surface area contributed by atoms with E-state index in [0.717, 1.165) is 6.42 Å². The molecule has 62 valence electrons. The summed E-state index contributed by atoms with van der Waals surface area (Å²) in [5, 5.41) is 0. The highest BCUT2D eigenvalue weighted by atomic mass is 32.2. The van der Waals surface area contributed by atoms with E-state index in [1.807, 2.05) is 12.1 Å². The van der Waals surface area contributed by atoms with Crippen LogP contribution >= 0.6 is 11.8 Å². The molecule has 0 amide bonds. The molecule has 2 rings (SSSR count). The summed E-state index contributed by atoms with van der Waals surface area (Å²) in [6.45, 7) is 0. The third-order valence-electron chi connectivity index (χ3n) is 2.03. The highest BCUT2D eigenvalue weighted by Gasteiger charge is 2.11. The zero-order chi connectivity index (χ0) is 8.39. The molecule has 0 fully saturated rings. The summed E-state index contributed by atoms with van der Waals surface area (Å²) in [4.78, 5) is 12.4. The van der Waals surface area contributed by atoms with Crippen LogP contribution < -0.4 is 0 Å². The van der Waals surface area contributed by atoms with Crippen LogP contribution in [0.3, 0.4) is 0 Å². The van der Waals surface area contributed by atoms with Crippen LogP contribution in [0.15, 0.2) is 29.2 Å². The van der Waals surface area contributed by atoms with Gasteiger partial charge >= 0.3 is 0 Å². The molecule has 0 radical (unpaired) electrons. The lowest BCUT2D eigenvalue weighted by Gasteiger charge is -2.01. The molecule has 1 aliphatic heterocycles. The van der Waals surface area contributed by atoms with E-state index in [1.54, 1.807) is 11.8 Å². The third kappa shape index (κ3) is 1.53. The van der Waals surface area contributed by atoms with E-state index in [-0.39, 0.29) is 0 Å². The van der Waals surface area contributed by atoms with E-state index >= 15 is 0 Å². The number of carbonyl (C=O) groups excluding carboxylic acids is 1. The maximum absolute atomic E-state index is 11.1. The Labute approximate surface area is 76.2 Å². The van der Waals surface area contributed by atoms with E-state index < -0.39 is 0 Å². The van der Waals surface area contributed by atoms with Crippen molar-refractivity contribution >= 4 is 17.5 Å². The summed E-state index contributed by atoms with van der Waals surface area (Å²) in [6, 6.07) is 8.27. The first-order chi connectivity index (χ1) is 5.86. The van der Waals surface area contributed by atoms with Crippen LogP contribution in [-0.4, -0.2) is 11.5 Å². The molecule has 12 heavy (non-hydrogen) atoms. The third-order valence-corrected chi connectivity index (χ3v) is 3.21. The Balaban J connectivity index is 2.32. The summed E-state index contributed by atoms with van der Waals surface area (Å²) >= 11 is 1.67. The number of hydrogen-bond donors (Lipinski definition) is 0. The normalized spacial score (nSPS) is 16.8. The van der Waals surface area contributed by atoms with Crippen molar-refractivity contribution < 1.29 is 4.79 Å². The summed E-state index contributed by atoms with van der Waals surface area (Å²) < 4.78 is 0. The number of rotatable bonds is 0. The highest BCUT2D eigenvalue weighted by molar-refractivity contribution is 8.00. The molecule has 0 N–H and O–H groups in total. The number of thioether (sulfide) groups is 1. The molecule has 0 unspecified atom stereocenters. The molecular formula is C10H10OS. The number of aryl methyl sites for hydroxylation is 1. The Morgan fingerprint density at radius 1 is 1.17 bits per heavy atom. The van der Waals surface area contributed by atoms with E-state index in [1.165, 1.54) is 10.5 Å². The monoisotopic (exact) mass is 178 g/mol. The van der Waals surface area contributed by atoms with Gasteiger partial charge in [0.2, 0.25) is 0 Å². The first-order valence-electron chi connectivity index (χ1n) is 4.08. The Morgan fingerprint density at radius 2 is 2.00 bits per heavy atom. The first kappa shape index (κ1) is 7.87. The number of ketones is 1. The quantitative estimate of drug-likeness (QED) is 0.606. The van der Waals surface area contributed by atoms with Gasteiger partial charge in [-0.2, -0.15) is 0 Å². The molecule has 0 aliphatic carbocycles. The Bertz CT molecular complexity index is 277. The van der Waals surface area contributed by atoms with Gasteiger partial charge in [0.15, 0.2) is 0 Å². The molecular weight excluding hydrogens is 168 g/mol. The molecule has 1 aliphatic rings. The van der Waals surface area contributed by atoms with Crippen molar-refractivity contribution in [2.24, 2.45) is 0 Å². The van der Waals surface area contributed by atoms with Gasteiger partial charge in [-0.05, 0) is 18.1 Å². The number of carbonyl (C=O) groups is 1. The zero-order valence-electron chi connectivity index (χ0n) is 6.75. The summed E-state index contributed by atoms with van der Waals surface area (Å²) in [5.41, 5.74) is 1.33. The fourth-order valence-electron chi connectivity index (χ4n) is 1.36.